The Morgan fingerprint density at radius 2 is 2.11 bits per heavy atom. The van der Waals surface area contributed by atoms with Gasteiger partial charge in [-0.1, -0.05) is 32.6 Å². The zero-order chi connectivity index (χ0) is 20.7. The van der Waals surface area contributed by atoms with Gasteiger partial charge in [-0.25, -0.2) is 4.39 Å². The maximum absolute atomic E-state index is 15.2. The van der Waals surface area contributed by atoms with Gasteiger partial charge >= 0.3 is 5.97 Å². The maximum atomic E-state index is 15.2. The van der Waals surface area contributed by atoms with E-state index >= 15 is 4.39 Å². The van der Waals surface area contributed by atoms with E-state index in [9.17, 15) is 14.7 Å². The summed E-state index contributed by atoms with van der Waals surface area (Å²) in [5.41, 5.74) is 9.31. The molecule has 9 heteroatoms. The molecule has 0 bridgehead atoms. The van der Waals surface area contributed by atoms with Crippen molar-refractivity contribution in [2.75, 3.05) is 18.9 Å². The van der Waals surface area contributed by atoms with Gasteiger partial charge in [-0.3, -0.25) is 14.2 Å². The first kappa shape index (κ1) is 22.3. The molecular formula is C19H30FN3O5. The van der Waals surface area contributed by atoms with Crippen molar-refractivity contribution in [2.24, 2.45) is 5.73 Å². The lowest BCUT2D eigenvalue weighted by Crippen LogP contribution is -2.53. The van der Waals surface area contributed by atoms with Crippen LogP contribution in [0.5, 0.6) is 0 Å². The number of ether oxygens (including phenoxy) is 2. The molecule has 0 radical (unpaired) electrons. The number of anilines is 1. The number of unbranched alkanes of at least 4 members (excludes halogenated alkanes) is 4. The first-order chi connectivity index (χ1) is 13.4. The van der Waals surface area contributed by atoms with E-state index in [-0.39, 0.29) is 18.7 Å². The van der Waals surface area contributed by atoms with E-state index in [1.807, 2.05) is 0 Å². The predicted octanol–water partition coefficient (Wildman–Crippen LogP) is 1.26. The molecule has 0 amide bonds. The van der Waals surface area contributed by atoms with Crippen LogP contribution in [0.3, 0.4) is 0 Å². The molecule has 0 aliphatic carbocycles. The highest BCUT2D eigenvalue weighted by Gasteiger charge is 2.58. The van der Waals surface area contributed by atoms with Crippen LogP contribution in [0.2, 0.25) is 0 Å². The van der Waals surface area contributed by atoms with Crippen LogP contribution in [0.15, 0.2) is 23.1 Å². The fourth-order valence-electron chi connectivity index (χ4n) is 3.34. The third kappa shape index (κ3) is 4.89. The van der Waals surface area contributed by atoms with Gasteiger partial charge < -0.3 is 26.0 Å². The molecule has 2 rings (SSSR count). The number of nitrogens with zero attached hydrogens (tertiary/aromatic N) is 1. The zero-order valence-electron chi connectivity index (χ0n) is 16.2. The molecule has 1 aliphatic rings. The maximum Gasteiger partial charge on any atom is 0.306 e. The van der Waals surface area contributed by atoms with E-state index in [2.05, 4.69) is 6.92 Å². The quantitative estimate of drug-likeness (QED) is 0.399. The number of aliphatic hydroxyl groups is 1. The van der Waals surface area contributed by atoms with E-state index < -0.39 is 42.2 Å². The van der Waals surface area contributed by atoms with Crippen molar-refractivity contribution in [3.8, 4) is 0 Å². The second-order valence-corrected chi connectivity index (χ2v) is 7.16. The normalized spacial score (nSPS) is 27.1. The van der Waals surface area contributed by atoms with Gasteiger partial charge in [0.25, 0.3) is 5.56 Å². The number of aliphatic hydroxyl groups excluding tert-OH is 1. The van der Waals surface area contributed by atoms with E-state index in [0.29, 0.717) is 6.42 Å². The Hall–Kier alpha value is -1.97. The number of aromatic nitrogens is 1. The van der Waals surface area contributed by atoms with Crippen LogP contribution in [0, 0.1) is 0 Å². The zero-order valence-corrected chi connectivity index (χ0v) is 16.2. The van der Waals surface area contributed by atoms with E-state index in [1.54, 1.807) is 0 Å². The Balaban J connectivity index is 2.12. The number of pyridine rings is 1. The molecule has 1 aromatic rings. The minimum Gasteiger partial charge on any atom is -0.456 e. The summed E-state index contributed by atoms with van der Waals surface area (Å²) in [6.45, 7) is 1.16. The summed E-state index contributed by atoms with van der Waals surface area (Å²) in [5, 5.41) is 9.80. The topological polar surface area (TPSA) is 130 Å². The van der Waals surface area contributed by atoms with Crippen LogP contribution in [0.1, 0.15) is 51.7 Å². The summed E-state index contributed by atoms with van der Waals surface area (Å²) in [4.78, 5) is 24.4. The Morgan fingerprint density at radius 1 is 1.39 bits per heavy atom. The van der Waals surface area contributed by atoms with Gasteiger partial charge in [-0.2, -0.15) is 0 Å². The van der Waals surface area contributed by atoms with Crippen molar-refractivity contribution >= 4 is 11.7 Å². The molecule has 5 N–H and O–H groups in total. The number of alkyl halides is 1. The largest absolute Gasteiger partial charge is 0.456 e. The molecule has 8 nitrogen and oxygen atoms in total. The number of nitrogen functional groups attached to an aromatic ring is 1. The Kier molecular flexibility index (Phi) is 7.97. The van der Waals surface area contributed by atoms with Crippen molar-refractivity contribution in [3.05, 3.63) is 28.7 Å². The highest BCUT2D eigenvalue weighted by molar-refractivity contribution is 5.69. The molecule has 2 heterocycles. The average molecular weight is 399 g/mol. The minimum absolute atomic E-state index is 0.144. The second-order valence-electron chi connectivity index (χ2n) is 7.16. The van der Waals surface area contributed by atoms with Gasteiger partial charge in [0.15, 0.2) is 18.5 Å². The van der Waals surface area contributed by atoms with Gasteiger partial charge in [-0.05, 0) is 12.5 Å². The Morgan fingerprint density at radius 3 is 2.71 bits per heavy atom. The smallest absolute Gasteiger partial charge is 0.306 e. The number of rotatable bonds is 10. The van der Waals surface area contributed by atoms with Gasteiger partial charge in [0.1, 0.15) is 5.60 Å². The molecule has 0 unspecified atom stereocenters. The molecule has 0 aromatic carbocycles. The fraction of sp³-hybridized carbons (Fsp3) is 0.684. The third-order valence-electron chi connectivity index (χ3n) is 5.04. The SMILES string of the molecule is CCCCCCCC(=O)O[C@H]1[C@@H](F)[C@H](n2ccc(N)cc2=O)O[C@]1(CN)CO. The first-order valence-corrected chi connectivity index (χ1v) is 9.68. The van der Waals surface area contributed by atoms with Crippen molar-refractivity contribution in [3.63, 3.8) is 0 Å². The molecule has 1 aromatic heterocycles. The third-order valence-corrected chi connectivity index (χ3v) is 5.04. The van der Waals surface area contributed by atoms with Gasteiger partial charge in [0.05, 0.1) is 6.61 Å². The molecule has 28 heavy (non-hydrogen) atoms. The van der Waals surface area contributed by atoms with Crippen LogP contribution in [-0.2, 0) is 14.3 Å². The lowest BCUT2D eigenvalue weighted by Gasteiger charge is -2.30. The van der Waals surface area contributed by atoms with Crippen LogP contribution >= 0.6 is 0 Å². The van der Waals surface area contributed by atoms with Gasteiger partial charge in [0.2, 0.25) is 0 Å². The fourth-order valence-corrected chi connectivity index (χ4v) is 3.34. The van der Waals surface area contributed by atoms with Crippen LogP contribution in [0.4, 0.5) is 10.1 Å². The van der Waals surface area contributed by atoms with Crippen molar-refractivity contribution in [1.82, 2.24) is 4.57 Å². The number of halogens is 1. The summed E-state index contributed by atoms with van der Waals surface area (Å²) >= 11 is 0. The molecular weight excluding hydrogens is 369 g/mol. The number of carbonyl (C=O) groups is 1. The van der Waals surface area contributed by atoms with E-state index in [1.165, 1.54) is 12.3 Å². The highest BCUT2D eigenvalue weighted by Crippen LogP contribution is 2.40. The molecule has 1 fully saturated rings. The Labute approximate surface area is 163 Å². The van der Waals surface area contributed by atoms with E-state index in [0.717, 1.165) is 36.3 Å². The van der Waals surface area contributed by atoms with Gasteiger partial charge in [-0.15, -0.1) is 0 Å². The minimum atomic E-state index is -1.87. The summed E-state index contributed by atoms with van der Waals surface area (Å²) in [6, 6.07) is 2.56. The van der Waals surface area contributed by atoms with Crippen LogP contribution in [-0.4, -0.2) is 46.7 Å². The summed E-state index contributed by atoms with van der Waals surface area (Å²) in [7, 11) is 0. The summed E-state index contributed by atoms with van der Waals surface area (Å²) in [5.74, 6) is -0.579. The summed E-state index contributed by atoms with van der Waals surface area (Å²) < 4.78 is 27.1. The highest BCUT2D eigenvalue weighted by atomic mass is 19.1. The Bertz CT molecular complexity index is 707. The van der Waals surface area contributed by atoms with E-state index in [4.69, 9.17) is 20.9 Å². The van der Waals surface area contributed by atoms with Crippen molar-refractivity contribution < 1.29 is 23.8 Å². The molecule has 1 aliphatic heterocycles. The number of hydrogen-bond acceptors (Lipinski definition) is 7. The lowest BCUT2D eigenvalue weighted by atomic mass is 9.96. The molecule has 158 valence electrons. The van der Waals surface area contributed by atoms with Gasteiger partial charge in [0, 0.05) is 30.9 Å². The number of carbonyl (C=O) groups excluding carboxylic acids is 1. The number of hydrogen-bond donors (Lipinski definition) is 3. The summed E-state index contributed by atoms with van der Waals surface area (Å²) in [6.07, 6.45) is 1.50. The first-order valence-electron chi connectivity index (χ1n) is 9.68. The van der Waals surface area contributed by atoms with Crippen LogP contribution < -0.4 is 17.0 Å². The molecule has 1 saturated heterocycles. The molecule has 4 atom stereocenters. The number of esters is 1. The number of nitrogens with two attached hydrogens (primary N) is 2. The monoisotopic (exact) mass is 399 g/mol. The van der Waals surface area contributed by atoms with Crippen molar-refractivity contribution in [1.29, 1.82) is 0 Å². The molecule has 0 saturated carbocycles. The molecule has 0 spiro atoms. The lowest BCUT2D eigenvalue weighted by molar-refractivity contribution is -0.167. The predicted molar refractivity (Wildman–Crippen MR) is 102 cm³/mol. The van der Waals surface area contributed by atoms with Crippen molar-refractivity contribution in [2.45, 2.75) is 69.6 Å². The second kappa shape index (κ2) is 9.99. The van der Waals surface area contributed by atoms with Crippen LogP contribution in [0.25, 0.3) is 0 Å². The average Bonchev–Trinajstić information content (AvgIpc) is 2.94. The standard InChI is InChI=1S/C19H30FN3O5/c1-2-3-4-5-6-7-15(26)27-17-16(20)18(28-19(17,11-21)12-24)23-9-8-13(22)10-14(23)25/h8-10,16-18,24H,2-7,11-12,21-22H2,1H3/t16-,17+,18-,19-/m1/s1.